The maximum Gasteiger partial charge on any atom is 0.261 e. The lowest BCUT2D eigenvalue weighted by molar-refractivity contribution is -0.142. The molecule has 1 atom stereocenters. The van der Waals surface area contributed by atoms with E-state index in [2.05, 4.69) is 11.4 Å². The van der Waals surface area contributed by atoms with Crippen LogP contribution in [0.2, 0.25) is 0 Å². The van der Waals surface area contributed by atoms with Crippen molar-refractivity contribution in [3.63, 3.8) is 0 Å². The summed E-state index contributed by atoms with van der Waals surface area (Å²) in [5, 5.41) is 2.80. The topological polar surface area (TPSA) is 58.6 Å². The second kappa shape index (κ2) is 10.1. The largest absolute Gasteiger partial charge is 0.483 e. The number of carbonyl (C=O) groups excluding carboxylic acids is 2. The van der Waals surface area contributed by atoms with Gasteiger partial charge < -0.3 is 15.0 Å². The highest BCUT2D eigenvalue weighted by Crippen LogP contribution is 2.23. The second-order valence-corrected chi connectivity index (χ2v) is 7.57. The molecular formula is C24H32N2O3. The molecule has 2 amide bonds. The Morgan fingerprint density at radius 1 is 1.03 bits per heavy atom. The van der Waals surface area contributed by atoms with Crippen LogP contribution >= 0.6 is 0 Å². The standard InChI is InChI=1S/C24H32N2O3/c1-7-25-24(28)20(6)26(14-21-10-8-16(2)9-11-21)23(27)15-29-22-13-17(3)12-18(4)19(22)5/h8-13,20H,7,14-15H2,1-6H3,(H,25,28). The first kappa shape index (κ1) is 22.5. The Kier molecular flexibility index (Phi) is 7.82. The number of hydrogen-bond donors (Lipinski definition) is 1. The zero-order valence-electron chi connectivity index (χ0n) is 18.3. The first-order valence-electron chi connectivity index (χ1n) is 10.1. The Bertz CT molecular complexity index is 859. The van der Waals surface area contributed by atoms with Crippen molar-refractivity contribution < 1.29 is 14.3 Å². The van der Waals surface area contributed by atoms with Gasteiger partial charge in [-0.15, -0.1) is 0 Å². The van der Waals surface area contributed by atoms with E-state index in [9.17, 15) is 9.59 Å². The minimum atomic E-state index is -0.590. The number of carbonyl (C=O) groups is 2. The van der Waals surface area contributed by atoms with Crippen LogP contribution in [0.5, 0.6) is 5.75 Å². The third kappa shape index (κ3) is 6.08. The number of aryl methyl sites for hydroxylation is 3. The first-order valence-corrected chi connectivity index (χ1v) is 10.1. The third-order valence-corrected chi connectivity index (χ3v) is 5.11. The molecule has 2 aromatic carbocycles. The van der Waals surface area contributed by atoms with E-state index in [1.165, 1.54) is 0 Å². The van der Waals surface area contributed by atoms with Crippen molar-refractivity contribution in [3.8, 4) is 5.75 Å². The number of likely N-dealkylation sites (N-methyl/N-ethyl adjacent to an activating group) is 1. The lowest BCUT2D eigenvalue weighted by atomic mass is 10.1. The average molecular weight is 397 g/mol. The quantitative estimate of drug-likeness (QED) is 0.737. The van der Waals surface area contributed by atoms with Crippen molar-refractivity contribution in [2.75, 3.05) is 13.2 Å². The maximum atomic E-state index is 13.0. The van der Waals surface area contributed by atoms with Gasteiger partial charge in [0.15, 0.2) is 6.61 Å². The SMILES string of the molecule is CCNC(=O)C(C)N(Cc1ccc(C)cc1)C(=O)COc1cc(C)cc(C)c1C. The number of benzene rings is 2. The first-order chi connectivity index (χ1) is 13.7. The monoisotopic (exact) mass is 396 g/mol. The van der Waals surface area contributed by atoms with E-state index in [1.54, 1.807) is 11.8 Å². The smallest absolute Gasteiger partial charge is 0.261 e. The Morgan fingerprint density at radius 2 is 1.69 bits per heavy atom. The van der Waals surface area contributed by atoms with Gasteiger partial charge in [-0.2, -0.15) is 0 Å². The summed E-state index contributed by atoms with van der Waals surface area (Å²) in [7, 11) is 0. The highest BCUT2D eigenvalue weighted by Gasteiger charge is 2.26. The fraction of sp³-hybridized carbons (Fsp3) is 0.417. The van der Waals surface area contributed by atoms with Crippen molar-refractivity contribution in [2.24, 2.45) is 0 Å². The lowest BCUT2D eigenvalue weighted by Gasteiger charge is -2.29. The molecule has 0 aliphatic rings. The van der Waals surface area contributed by atoms with Crippen LogP contribution in [0.25, 0.3) is 0 Å². The second-order valence-electron chi connectivity index (χ2n) is 7.57. The van der Waals surface area contributed by atoms with Crippen LogP contribution in [0.15, 0.2) is 36.4 Å². The molecule has 0 heterocycles. The summed E-state index contributed by atoms with van der Waals surface area (Å²) in [6, 6.07) is 11.4. The molecule has 0 aromatic heterocycles. The van der Waals surface area contributed by atoms with Gasteiger partial charge in [-0.05, 0) is 69.9 Å². The summed E-state index contributed by atoms with van der Waals surface area (Å²) in [6.07, 6.45) is 0. The lowest BCUT2D eigenvalue weighted by Crippen LogP contribution is -2.49. The van der Waals surface area contributed by atoms with Gasteiger partial charge in [0.25, 0.3) is 5.91 Å². The zero-order valence-corrected chi connectivity index (χ0v) is 18.3. The van der Waals surface area contributed by atoms with E-state index >= 15 is 0 Å². The van der Waals surface area contributed by atoms with E-state index in [0.717, 1.165) is 27.8 Å². The molecule has 0 fully saturated rings. The molecule has 156 valence electrons. The van der Waals surface area contributed by atoms with Gasteiger partial charge in [-0.1, -0.05) is 35.9 Å². The van der Waals surface area contributed by atoms with E-state index in [-0.39, 0.29) is 18.4 Å². The van der Waals surface area contributed by atoms with Crippen molar-refractivity contribution >= 4 is 11.8 Å². The number of rotatable bonds is 8. The third-order valence-electron chi connectivity index (χ3n) is 5.11. The summed E-state index contributed by atoms with van der Waals surface area (Å²) in [5.74, 6) is 0.315. The van der Waals surface area contributed by atoms with Crippen molar-refractivity contribution in [3.05, 3.63) is 64.2 Å². The summed E-state index contributed by atoms with van der Waals surface area (Å²) >= 11 is 0. The van der Waals surface area contributed by atoms with Gasteiger partial charge in [0.2, 0.25) is 5.91 Å². The summed E-state index contributed by atoms with van der Waals surface area (Å²) < 4.78 is 5.86. The van der Waals surface area contributed by atoms with Gasteiger partial charge in [0.1, 0.15) is 11.8 Å². The number of nitrogens with zero attached hydrogens (tertiary/aromatic N) is 1. The van der Waals surface area contributed by atoms with Crippen LogP contribution in [0.1, 0.15) is 41.7 Å². The molecule has 0 saturated carbocycles. The van der Waals surface area contributed by atoms with E-state index in [1.807, 2.05) is 65.0 Å². The molecule has 5 heteroatoms. The van der Waals surface area contributed by atoms with Crippen LogP contribution in [0.4, 0.5) is 0 Å². The Labute approximate surface area is 174 Å². The van der Waals surface area contributed by atoms with Crippen molar-refractivity contribution in [1.29, 1.82) is 0 Å². The minimum Gasteiger partial charge on any atom is -0.483 e. The van der Waals surface area contributed by atoms with Crippen LogP contribution in [-0.4, -0.2) is 35.9 Å². The fourth-order valence-electron chi connectivity index (χ4n) is 3.17. The molecule has 1 unspecified atom stereocenters. The highest BCUT2D eigenvalue weighted by molar-refractivity contribution is 5.87. The van der Waals surface area contributed by atoms with Gasteiger partial charge >= 0.3 is 0 Å². The fourth-order valence-corrected chi connectivity index (χ4v) is 3.17. The van der Waals surface area contributed by atoms with Crippen molar-refractivity contribution in [2.45, 2.75) is 54.1 Å². The van der Waals surface area contributed by atoms with Crippen LogP contribution in [0.3, 0.4) is 0 Å². The highest BCUT2D eigenvalue weighted by atomic mass is 16.5. The van der Waals surface area contributed by atoms with E-state index in [4.69, 9.17) is 4.74 Å². The Hall–Kier alpha value is -2.82. The van der Waals surface area contributed by atoms with Crippen molar-refractivity contribution in [1.82, 2.24) is 10.2 Å². The molecule has 29 heavy (non-hydrogen) atoms. The van der Waals surface area contributed by atoms with Crippen LogP contribution in [-0.2, 0) is 16.1 Å². The van der Waals surface area contributed by atoms with Gasteiger partial charge in [-0.3, -0.25) is 9.59 Å². The van der Waals surface area contributed by atoms with Gasteiger partial charge in [-0.25, -0.2) is 0 Å². The maximum absolute atomic E-state index is 13.0. The normalized spacial score (nSPS) is 11.7. The van der Waals surface area contributed by atoms with Gasteiger partial charge in [0, 0.05) is 13.1 Å². The molecule has 2 rings (SSSR count). The summed E-state index contributed by atoms with van der Waals surface area (Å²) in [5.41, 5.74) is 5.35. The molecule has 0 radical (unpaired) electrons. The number of hydrogen-bond acceptors (Lipinski definition) is 3. The zero-order chi connectivity index (χ0) is 21.6. The van der Waals surface area contributed by atoms with Crippen LogP contribution in [0, 0.1) is 27.7 Å². The summed E-state index contributed by atoms with van der Waals surface area (Å²) in [4.78, 5) is 27.0. The average Bonchev–Trinajstić information content (AvgIpc) is 2.68. The van der Waals surface area contributed by atoms with Gasteiger partial charge in [0.05, 0.1) is 0 Å². The van der Waals surface area contributed by atoms with Crippen LogP contribution < -0.4 is 10.1 Å². The molecule has 0 spiro atoms. The number of nitrogens with one attached hydrogen (secondary N) is 1. The van der Waals surface area contributed by atoms with E-state index < -0.39 is 6.04 Å². The Balaban J connectivity index is 2.19. The molecule has 2 aromatic rings. The molecule has 0 saturated heterocycles. The molecule has 5 nitrogen and oxygen atoms in total. The number of amides is 2. The van der Waals surface area contributed by atoms with E-state index in [0.29, 0.717) is 18.8 Å². The molecular weight excluding hydrogens is 364 g/mol. The predicted octanol–water partition coefficient (Wildman–Crippen LogP) is 3.85. The number of ether oxygens (including phenoxy) is 1. The minimum absolute atomic E-state index is 0.112. The molecule has 0 aliphatic carbocycles. The molecule has 0 bridgehead atoms. The summed E-state index contributed by atoms with van der Waals surface area (Å²) in [6.45, 7) is 12.4. The molecule has 0 aliphatic heterocycles. The molecule has 1 N–H and O–H groups in total. The Morgan fingerprint density at radius 3 is 2.31 bits per heavy atom. The predicted molar refractivity (Wildman–Crippen MR) is 116 cm³/mol.